The van der Waals surface area contributed by atoms with Gasteiger partial charge < -0.3 is 0 Å². The van der Waals surface area contributed by atoms with Crippen molar-refractivity contribution < 1.29 is 4.21 Å². The summed E-state index contributed by atoms with van der Waals surface area (Å²) in [5.74, 6) is 0.312. The van der Waals surface area contributed by atoms with Gasteiger partial charge >= 0.3 is 0 Å². The number of hydrogen-bond donors (Lipinski definition) is 0. The van der Waals surface area contributed by atoms with Gasteiger partial charge in [0.15, 0.2) is 11.0 Å². The van der Waals surface area contributed by atoms with Crippen LogP contribution in [0.1, 0.15) is 0 Å². The summed E-state index contributed by atoms with van der Waals surface area (Å²) in [6.07, 6.45) is 3.18. The standard InChI is InChI=1S/C4H4ClNOS/c5-3-4-1-2-6-8(4)7/h1-2H,3H2. The zero-order chi connectivity index (χ0) is 5.98. The zero-order valence-electron chi connectivity index (χ0n) is 4.00. The lowest BCUT2D eigenvalue weighted by atomic mass is 10.6. The molecule has 4 heteroatoms. The molecule has 1 aliphatic rings. The predicted molar refractivity (Wildman–Crippen MR) is 35.4 cm³/mol. The van der Waals surface area contributed by atoms with E-state index in [4.69, 9.17) is 11.6 Å². The SMILES string of the molecule is O=S1N=CC=C1CCl. The van der Waals surface area contributed by atoms with Gasteiger partial charge in [-0.25, -0.2) is 4.21 Å². The molecule has 0 amide bonds. The fraction of sp³-hybridized carbons (Fsp3) is 0.250. The van der Waals surface area contributed by atoms with Crippen LogP contribution in [0.4, 0.5) is 0 Å². The van der Waals surface area contributed by atoms with Gasteiger partial charge in [-0.2, -0.15) is 4.40 Å². The molecule has 0 saturated heterocycles. The van der Waals surface area contributed by atoms with Gasteiger partial charge in [0.1, 0.15) is 0 Å². The van der Waals surface area contributed by atoms with Crippen molar-refractivity contribution >= 4 is 28.8 Å². The number of alkyl halides is 1. The van der Waals surface area contributed by atoms with Crippen LogP contribution >= 0.6 is 11.6 Å². The summed E-state index contributed by atoms with van der Waals surface area (Å²) in [4.78, 5) is 0.687. The minimum atomic E-state index is -1.16. The van der Waals surface area contributed by atoms with Crippen LogP contribution in [0.5, 0.6) is 0 Å². The molecule has 44 valence electrons. The third-order valence-electron chi connectivity index (χ3n) is 0.773. The summed E-state index contributed by atoms with van der Waals surface area (Å²) in [5, 5.41) is 0. The normalized spacial score (nSPS) is 26.1. The van der Waals surface area contributed by atoms with Crippen LogP contribution in [0.2, 0.25) is 0 Å². The molecule has 0 fully saturated rings. The van der Waals surface area contributed by atoms with Crippen molar-refractivity contribution in [1.82, 2.24) is 0 Å². The maximum Gasteiger partial charge on any atom is 0.169 e. The highest BCUT2D eigenvalue weighted by atomic mass is 35.5. The average molecular weight is 150 g/mol. The lowest BCUT2D eigenvalue weighted by Crippen LogP contribution is -1.85. The Balaban J connectivity index is 2.73. The van der Waals surface area contributed by atoms with Gasteiger partial charge in [-0.1, -0.05) is 0 Å². The number of halogens is 1. The van der Waals surface area contributed by atoms with Gasteiger partial charge in [0.05, 0.1) is 10.8 Å². The van der Waals surface area contributed by atoms with E-state index in [-0.39, 0.29) is 0 Å². The quantitative estimate of drug-likeness (QED) is 0.509. The summed E-state index contributed by atoms with van der Waals surface area (Å²) in [6, 6.07) is 0. The summed E-state index contributed by atoms with van der Waals surface area (Å²) >= 11 is 5.36. The topological polar surface area (TPSA) is 29.4 Å². The van der Waals surface area contributed by atoms with E-state index in [1.165, 1.54) is 6.21 Å². The van der Waals surface area contributed by atoms with Gasteiger partial charge in [0.25, 0.3) is 0 Å². The van der Waals surface area contributed by atoms with Crippen molar-refractivity contribution in [3.05, 3.63) is 11.0 Å². The number of hydrogen-bond acceptors (Lipinski definition) is 1. The molecular formula is C4H4ClNOS. The van der Waals surface area contributed by atoms with Crippen molar-refractivity contribution in [3.8, 4) is 0 Å². The lowest BCUT2D eigenvalue weighted by Gasteiger charge is -1.86. The van der Waals surface area contributed by atoms with Crippen LogP contribution < -0.4 is 0 Å². The van der Waals surface area contributed by atoms with Crippen molar-refractivity contribution in [2.75, 3.05) is 5.88 Å². The molecular weight excluding hydrogens is 146 g/mol. The van der Waals surface area contributed by atoms with Crippen LogP contribution in [0, 0.1) is 0 Å². The van der Waals surface area contributed by atoms with E-state index in [0.29, 0.717) is 10.8 Å². The summed E-state index contributed by atoms with van der Waals surface area (Å²) in [5.41, 5.74) is 0. The van der Waals surface area contributed by atoms with Gasteiger partial charge in [0, 0.05) is 6.21 Å². The molecule has 1 rings (SSSR count). The van der Waals surface area contributed by atoms with E-state index >= 15 is 0 Å². The van der Waals surface area contributed by atoms with Crippen molar-refractivity contribution in [1.29, 1.82) is 0 Å². The van der Waals surface area contributed by atoms with E-state index in [1.807, 2.05) is 0 Å². The van der Waals surface area contributed by atoms with Gasteiger partial charge in [-0.15, -0.1) is 11.6 Å². The Morgan fingerprint density at radius 3 is 2.88 bits per heavy atom. The molecule has 0 bridgehead atoms. The summed E-state index contributed by atoms with van der Waals surface area (Å²) in [6.45, 7) is 0. The Hall–Kier alpha value is -0.150. The molecule has 0 saturated carbocycles. The van der Waals surface area contributed by atoms with Crippen molar-refractivity contribution in [3.63, 3.8) is 0 Å². The highest BCUT2D eigenvalue weighted by Gasteiger charge is 2.06. The first-order valence-corrected chi connectivity index (χ1v) is 3.70. The maximum absolute atomic E-state index is 10.6. The fourth-order valence-corrected chi connectivity index (χ4v) is 1.33. The fourth-order valence-electron chi connectivity index (χ4n) is 0.386. The molecule has 8 heavy (non-hydrogen) atoms. The Labute approximate surface area is 54.8 Å². The number of nitrogens with zero attached hydrogens (tertiary/aromatic N) is 1. The van der Waals surface area contributed by atoms with Crippen LogP contribution in [-0.4, -0.2) is 16.3 Å². The van der Waals surface area contributed by atoms with Crippen LogP contribution in [0.15, 0.2) is 15.4 Å². The van der Waals surface area contributed by atoms with Crippen molar-refractivity contribution in [2.45, 2.75) is 0 Å². The maximum atomic E-state index is 10.6. The summed E-state index contributed by atoms with van der Waals surface area (Å²) in [7, 11) is -1.16. The molecule has 1 atom stereocenters. The Kier molecular flexibility index (Phi) is 1.81. The first kappa shape index (κ1) is 5.98. The van der Waals surface area contributed by atoms with E-state index in [9.17, 15) is 4.21 Å². The molecule has 0 aromatic heterocycles. The minimum absolute atomic E-state index is 0.312. The molecule has 0 spiro atoms. The smallest absolute Gasteiger partial charge is 0.169 e. The molecule has 0 N–H and O–H groups in total. The minimum Gasteiger partial charge on any atom is -0.230 e. The monoisotopic (exact) mass is 149 g/mol. The molecule has 1 aliphatic heterocycles. The molecule has 0 aromatic rings. The molecule has 2 nitrogen and oxygen atoms in total. The van der Waals surface area contributed by atoms with E-state index in [0.717, 1.165) is 0 Å². The Morgan fingerprint density at radius 1 is 1.88 bits per heavy atom. The second kappa shape index (κ2) is 2.42. The molecule has 1 heterocycles. The first-order chi connectivity index (χ1) is 3.84. The molecule has 0 aliphatic carbocycles. The van der Waals surface area contributed by atoms with Gasteiger partial charge in [-0.05, 0) is 6.08 Å². The largest absolute Gasteiger partial charge is 0.230 e. The predicted octanol–water partition coefficient (Wildman–Crippen LogP) is 0.857. The lowest BCUT2D eigenvalue weighted by molar-refractivity contribution is 0.688. The zero-order valence-corrected chi connectivity index (χ0v) is 5.58. The molecule has 1 unspecified atom stereocenters. The highest BCUT2D eigenvalue weighted by molar-refractivity contribution is 7.88. The van der Waals surface area contributed by atoms with Crippen LogP contribution in [0.3, 0.4) is 0 Å². The van der Waals surface area contributed by atoms with Crippen LogP contribution in [0.25, 0.3) is 0 Å². The van der Waals surface area contributed by atoms with Crippen molar-refractivity contribution in [2.24, 2.45) is 4.40 Å². The van der Waals surface area contributed by atoms with E-state index < -0.39 is 11.0 Å². The third-order valence-corrected chi connectivity index (χ3v) is 2.26. The summed E-state index contributed by atoms with van der Waals surface area (Å²) < 4.78 is 14.1. The van der Waals surface area contributed by atoms with E-state index in [2.05, 4.69) is 4.40 Å². The number of allylic oxidation sites excluding steroid dienone is 2. The average Bonchev–Trinajstić information content (AvgIpc) is 2.14. The molecule has 0 radical (unpaired) electrons. The third kappa shape index (κ3) is 0.980. The van der Waals surface area contributed by atoms with Gasteiger partial charge in [-0.3, -0.25) is 0 Å². The van der Waals surface area contributed by atoms with E-state index in [1.54, 1.807) is 6.08 Å². The second-order valence-electron chi connectivity index (χ2n) is 1.27. The molecule has 0 aromatic carbocycles. The van der Waals surface area contributed by atoms with Gasteiger partial charge in [0.2, 0.25) is 0 Å². The Bertz CT molecular complexity index is 175. The van der Waals surface area contributed by atoms with Crippen LogP contribution in [-0.2, 0) is 11.0 Å². The first-order valence-electron chi connectivity index (χ1n) is 2.05. The highest BCUT2D eigenvalue weighted by Crippen LogP contribution is 2.08. The second-order valence-corrected chi connectivity index (χ2v) is 2.77. The Morgan fingerprint density at radius 2 is 2.62 bits per heavy atom. The number of rotatable bonds is 1.